The molecule has 0 radical (unpaired) electrons. The molecule has 0 amide bonds. The van der Waals surface area contributed by atoms with E-state index in [1.807, 2.05) is 0 Å². The van der Waals surface area contributed by atoms with Crippen molar-refractivity contribution in [1.29, 1.82) is 0 Å². The molecule has 6 nitrogen and oxygen atoms in total. The molecule has 0 aromatic carbocycles. The molecular weight excluding hydrogens is 865 g/mol. The number of rotatable bonds is 53. The molecular formula is C64H110O6. The zero-order valence-electron chi connectivity index (χ0n) is 46.0. The monoisotopic (exact) mass is 975 g/mol. The second-order valence-electron chi connectivity index (χ2n) is 19.5. The van der Waals surface area contributed by atoms with Gasteiger partial charge in [0.25, 0.3) is 0 Å². The van der Waals surface area contributed by atoms with Gasteiger partial charge in [-0.05, 0) is 96.3 Å². The van der Waals surface area contributed by atoms with Crippen molar-refractivity contribution in [3.05, 3.63) is 85.1 Å². The fourth-order valence-electron chi connectivity index (χ4n) is 8.21. The number of carbonyl (C=O) groups is 3. The lowest BCUT2D eigenvalue weighted by Crippen LogP contribution is -2.30. The van der Waals surface area contributed by atoms with Crippen LogP contribution in [0, 0.1) is 0 Å². The van der Waals surface area contributed by atoms with Crippen LogP contribution in [0.25, 0.3) is 0 Å². The average molecular weight is 976 g/mol. The molecule has 0 bridgehead atoms. The quantitative estimate of drug-likeness (QED) is 0.0261. The maximum absolute atomic E-state index is 12.9. The standard InChI is InChI=1S/C64H110O6/c1-4-7-10-13-16-19-22-25-28-30-32-34-36-39-42-45-48-51-54-57-63(66)69-60-61(59-68-62(65)56-53-50-47-44-41-38-35-27-24-21-18-15-12-9-6-3)70-64(67)58-55-52-49-46-43-40-37-33-31-29-26-23-20-17-14-11-8-5-2/h9,12,16,18-19,21,25,27-28,32,34-35,39,42,61H,4-8,10-11,13-15,17,20,22-24,26,29-31,33,36-38,40-41,43-60H2,1-3H3/b12-9-,19-16-,21-18-,28-25-,34-32-,35-27-,42-39-/t61-/m1/s1. The first-order valence-corrected chi connectivity index (χ1v) is 29.6. The molecule has 0 N–H and O–H groups in total. The lowest BCUT2D eigenvalue weighted by atomic mass is 10.0. The summed E-state index contributed by atoms with van der Waals surface area (Å²) >= 11 is 0. The van der Waals surface area contributed by atoms with Gasteiger partial charge in [-0.25, -0.2) is 0 Å². The zero-order valence-corrected chi connectivity index (χ0v) is 46.0. The number of allylic oxidation sites excluding steroid dienone is 14. The van der Waals surface area contributed by atoms with Crippen molar-refractivity contribution >= 4 is 17.9 Å². The Morgan fingerprint density at radius 3 is 0.914 bits per heavy atom. The van der Waals surface area contributed by atoms with Crippen LogP contribution >= 0.6 is 0 Å². The van der Waals surface area contributed by atoms with Crippen LogP contribution in [0.4, 0.5) is 0 Å². The highest BCUT2D eigenvalue weighted by molar-refractivity contribution is 5.71. The van der Waals surface area contributed by atoms with Gasteiger partial charge in [0.2, 0.25) is 0 Å². The fourth-order valence-corrected chi connectivity index (χ4v) is 8.21. The molecule has 0 aliphatic heterocycles. The molecule has 0 saturated carbocycles. The normalized spacial score (nSPS) is 12.7. The van der Waals surface area contributed by atoms with Gasteiger partial charge in [0, 0.05) is 19.3 Å². The average Bonchev–Trinajstić information content (AvgIpc) is 3.36. The molecule has 0 aliphatic carbocycles. The van der Waals surface area contributed by atoms with Gasteiger partial charge in [-0.2, -0.15) is 0 Å². The first-order chi connectivity index (χ1) is 34.5. The Hall–Kier alpha value is -3.41. The first-order valence-electron chi connectivity index (χ1n) is 29.6. The van der Waals surface area contributed by atoms with E-state index in [4.69, 9.17) is 14.2 Å². The Balaban J connectivity index is 4.44. The molecule has 0 heterocycles. The van der Waals surface area contributed by atoms with E-state index >= 15 is 0 Å². The minimum absolute atomic E-state index is 0.0942. The molecule has 0 spiro atoms. The predicted molar refractivity (Wildman–Crippen MR) is 302 cm³/mol. The van der Waals surface area contributed by atoms with Gasteiger partial charge >= 0.3 is 17.9 Å². The maximum Gasteiger partial charge on any atom is 0.306 e. The molecule has 0 aromatic rings. The molecule has 70 heavy (non-hydrogen) atoms. The predicted octanol–water partition coefficient (Wildman–Crippen LogP) is 19.9. The third kappa shape index (κ3) is 55.5. The smallest absolute Gasteiger partial charge is 0.306 e. The Kier molecular flexibility index (Phi) is 55.3. The van der Waals surface area contributed by atoms with Gasteiger partial charge in [-0.1, -0.05) is 254 Å². The van der Waals surface area contributed by atoms with Crippen molar-refractivity contribution in [1.82, 2.24) is 0 Å². The van der Waals surface area contributed by atoms with Crippen LogP contribution in [0.2, 0.25) is 0 Å². The highest BCUT2D eigenvalue weighted by Crippen LogP contribution is 2.16. The van der Waals surface area contributed by atoms with E-state index in [-0.39, 0.29) is 31.1 Å². The molecule has 0 saturated heterocycles. The SMILES string of the molecule is CC/C=C\C/C=C\C/C=C\CCCCCCCC(=O)OC[C@H](COC(=O)CCCCC/C=C\C/C=C\C/C=C\C/C=C\CCCCC)OC(=O)CCCCCCCCCCCCCCCCCCCC. The summed E-state index contributed by atoms with van der Waals surface area (Å²) in [6, 6.07) is 0. The van der Waals surface area contributed by atoms with Gasteiger partial charge in [0.1, 0.15) is 13.2 Å². The van der Waals surface area contributed by atoms with Gasteiger partial charge in [-0.3, -0.25) is 14.4 Å². The van der Waals surface area contributed by atoms with Gasteiger partial charge in [0.05, 0.1) is 0 Å². The number of unbranched alkanes of at least 4 members (excludes halogenated alkanes) is 28. The lowest BCUT2D eigenvalue weighted by molar-refractivity contribution is -0.167. The fraction of sp³-hybridized carbons (Fsp3) is 0.734. The van der Waals surface area contributed by atoms with Crippen LogP contribution in [0.1, 0.15) is 284 Å². The van der Waals surface area contributed by atoms with Crippen molar-refractivity contribution < 1.29 is 28.6 Å². The van der Waals surface area contributed by atoms with E-state index in [0.29, 0.717) is 19.3 Å². The van der Waals surface area contributed by atoms with Gasteiger partial charge in [-0.15, -0.1) is 0 Å². The molecule has 402 valence electrons. The van der Waals surface area contributed by atoms with Crippen LogP contribution in [-0.4, -0.2) is 37.2 Å². The highest BCUT2D eigenvalue weighted by atomic mass is 16.6. The molecule has 0 rings (SSSR count). The van der Waals surface area contributed by atoms with Crippen molar-refractivity contribution in [2.75, 3.05) is 13.2 Å². The number of hydrogen-bond acceptors (Lipinski definition) is 6. The van der Waals surface area contributed by atoms with E-state index in [9.17, 15) is 14.4 Å². The maximum atomic E-state index is 12.9. The van der Waals surface area contributed by atoms with E-state index in [1.54, 1.807) is 0 Å². The second kappa shape index (κ2) is 58.2. The largest absolute Gasteiger partial charge is 0.462 e. The number of ether oxygens (including phenoxy) is 3. The number of hydrogen-bond donors (Lipinski definition) is 0. The van der Waals surface area contributed by atoms with Crippen molar-refractivity contribution in [2.45, 2.75) is 290 Å². The van der Waals surface area contributed by atoms with E-state index in [2.05, 4.69) is 106 Å². The minimum atomic E-state index is -0.796. The summed E-state index contributed by atoms with van der Waals surface area (Å²) in [5.74, 6) is -0.931. The Morgan fingerprint density at radius 1 is 0.300 bits per heavy atom. The summed E-state index contributed by atoms with van der Waals surface area (Å²) in [7, 11) is 0. The first kappa shape index (κ1) is 66.6. The lowest BCUT2D eigenvalue weighted by Gasteiger charge is -2.18. The molecule has 0 unspecified atom stereocenters. The molecule has 1 atom stereocenters. The number of esters is 3. The summed E-state index contributed by atoms with van der Waals surface area (Å²) < 4.78 is 16.9. The molecule has 0 aromatic heterocycles. The summed E-state index contributed by atoms with van der Waals surface area (Å²) in [6.45, 7) is 6.48. The number of carbonyl (C=O) groups excluding carboxylic acids is 3. The second-order valence-corrected chi connectivity index (χ2v) is 19.5. The summed E-state index contributed by atoms with van der Waals surface area (Å²) in [4.78, 5) is 38.2. The zero-order chi connectivity index (χ0) is 50.7. The van der Waals surface area contributed by atoms with E-state index in [1.165, 1.54) is 122 Å². The van der Waals surface area contributed by atoms with Crippen LogP contribution in [0.5, 0.6) is 0 Å². The summed E-state index contributed by atoms with van der Waals surface area (Å²) in [6.07, 6.45) is 75.7. The van der Waals surface area contributed by atoms with Crippen LogP contribution < -0.4 is 0 Å². The van der Waals surface area contributed by atoms with Crippen molar-refractivity contribution in [3.8, 4) is 0 Å². The molecule has 0 fully saturated rings. The van der Waals surface area contributed by atoms with Crippen LogP contribution in [-0.2, 0) is 28.6 Å². The van der Waals surface area contributed by atoms with Crippen LogP contribution in [0.3, 0.4) is 0 Å². The minimum Gasteiger partial charge on any atom is -0.462 e. The van der Waals surface area contributed by atoms with Crippen LogP contribution in [0.15, 0.2) is 85.1 Å². The van der Waals surface area contributed by atoms with E-state index in [0.717, 1.165) is 122 Å². The van der Waals surface area contributed by atoms with Gasteiger partial charge in [0.15, 0.2) is 6.10 Å². The summed E-state index contributed by atoms with van der Waals surface area (Å²) in [5, 5.41) is 0. The van der Waals surface area contributed by atoms with E-state index < -0.39 is 6.10 Å². The molecule has 0 aliphatic rings. The third-order valence-corrected chi connectivity index (χ3v) is 12.6. The highest BCUT2D eigenvalue weighted by Gasteiger charge is 2.19. The topological polar surface area (TPSA) is 78.9 Å². The third-order valence-electron chi connectivity index (χ3n) is 12.6. The molecule has 6 heteroatoms. The van der Waals surface area contributed by atoms with Crippen molar-refractivity contribution in [3.63, 3.8) is 0 Å². The van der Waals surface area contributed by atoms with Gasteiger partial charge < -0.3 is 14.2 Å². The Morgan fingerprint density at radius 2 is 0.557 bits per heavy atom. The van der Waals surface area contributed by atoms with Crippen molar-refractivity contribution in [2.24, 2.45) is 0 Å². The Labute approximate surface area is 433 Å². The Bertz CT molecular complexity index is 1350. The summed E-state index contributed by atoms with van der Waals surface area (Å²) in [5.41, 5.74) is 0.